The van der Waals surface area contributed by atoms with Gasteiger partial charge in [-0.2, -0.15) is 5.26 Å². The largest absolute Gasteiger partial charge is 0.492 e. The Hall–Kier alpha value is -1.54. The predicted molar refractivity (Wildman–Crippen MR) is 79.4 cm³/mol. The Morgan fingerprint density at radius 3 is 2.85 bits per heavy atom. The number of nitrogens with zero attached hydrogens (tertiary/aromatic N) is 1. The van der Waals surface area contributed by atoms with Gasteiger partial charge in [-0.3, -0.25) is 4.79 Å². The van der Waals surface area contributed by atoms with E-state index in [1.807, 2.05) is 39.0 Å². The Morgan fingerprint density at radius 1 is 1.55 bits per heavy atom. The molecule has 106 valence electrons. The Bertz CT molecular complexity index is 572. The molecule has 2 atom stereocenters. The summed E-state index contributed by atoms with van der Waals surface area (Å²) in [7, 11) is 0. The maximum atomic E-state index is 12.4. The van der Waals surface area contributed by atoms with E-state index >= 15 is 0 Å². The molecular weight excluding hydrogens is 320 g/mol. The molecule has 0 bridgehead atoms. The molecule has 1 aromatic carbocycles. The van der Waals surface area contributed by atoms with Gasteiger partial charge in [-0.15, -0.1) is 0 Å². The number of hydrogen-bond acceptors (Lipinski definition) is 3. The molecule has 1 aliphatic heterocycles. The normalized spacial score (nSPS) is 18.6. The first-order chi connectivity index (χ1) is 9.32. The van der Waals surface area contributed by atoms with Gasteiger partial charge in [-0.25, -0.2) is 0 Å². The van der Waals surface area contributed by atoms with Gasteiger partial charge in [0.25, 0.3) is 0 Å². The van der Waals surface area contributed by atoms with Gasteiger partial charge in [-0.05, 0) is 23.6 Å². The number of carbonyl (C=O) groups excluding carboxylic acids is 1. The number of hydrogen-bond donors (Lipinski definition) is 1. The van der Waals surface area contributed by atoms with Crippen LogP contribution in [0.2, 0.25) is 0 Å². The van der Waals surface area contributed by atoms with Crippen molar-refractivity contribution in [1.29, 1.82) is 5.26 Å². The van der Waals surface area contributed by atoms with Crippen LogP contribution in [0.4, 0.5) is 0 Å². The molecule has 1 amide bonds. The lowest BCUT2D eigenvalue weighted by molar-refractivity contribution is -0.123. The van der Waals surface area contributed by atoms with Crippen LogP contribution < -0.4 is 10.1 Å². The molecule has 0 fully saturated rings. The summed E-state index contributed by atoms with van der Waals surface area (Å²) in [6, 6.07) is 7.25. The van der Waals surface area contributed by atoms with E-state index in [1.165, 1.54) is 0 Å². The number of amides is 1. The van der Waals surface area contributed by atoms with Gasteiger partial charge in [0.2, 0.25) is 5.91 Å². The molecule has 0 aliphatic carbocycles. The average Bonchev–Trinajstić information content (AvgIpc) is 2.77. The van der Waals surface area contributed by atoms with Crippen LogP contribution in [0.1, 0.15) is 32.3 Å². The lowest BCUT2D eigenvalue weighted by Crippen LogP contribution is -2.44. The number of carbonyl (C=O) groups is 1. The molecule has 1 N–H and O–H groups in total. The second kappa shape index (κ2) is 5.45. The van der Waals surface area contributed by atoms with Gasteiger partial charge in [0.05, 0.1) is 6.07 Å². The highest BCUT2D eigenvalue weighted by Crippen LogP contribution is 2.36. The van der Waals surface area contributed by atoms with Crippen LogP contribution in [0.25, 0.3) is 0 Å². The van der Waals surface area contributed by atoms with Crippen molar-refractivity contribution in [3.8, 4) is 11.8 Å². The summed E-state index contributed by atoms with van der Waals surface area (Å²) in [5.41, 5.74) is 0.562. The van der Waals surface area contributed by atoms with Gasteiger partial charge in [0.15, 0.2) is 0 Å². The summed E-state index contributed by atoms with van der Waals surface area (Å²) in [4.78, 5) is 12.4. The number of nitriles is 1. The predicted octanol–water partition coefficient (Wildman–Crippen LogP) is 2.98. The first-order valence-corrected chi connectivity index (χ1v) is 7.24. The first kappa shape index (κ1) is 14.9. The zero-order valence-corrected chi connectivity index (χ0v) is 13.3. The Balaban J connectivity index is 2.17. The van der Waals surface area contributed by atoms with Crippen LogP contribution >= 0.6 is 15.9 Å². The Labute approximate surface area is 127 Å². The molecule has 2 rings (SSSR count). The van der Waals surface area contributed by atoms with Gasteiger partial charge in [-0.1, -0.05) is 36.7 Å². The van der Waals surface area contributed by atoms with Crippen molar-refractivity contribution in [2.45, 2.75) is 32.7 Å². The van der Waals surface area contributed by atoms with Crippen molar-refractivity contribution in [2.24, 2.45) is 5.41 Å². The summed E-state index contributed by atoms with van der Waals surface area (Å²) in [6.45, 7) is 6.10. The fourth-order valence-corrected chi connectivity index (χ4v) is 2.47. The van der Waals surface area contributed by atoms with Crippen LogP contribution in [0.5, 0.6) is 5.75 Å². The van der Waals surface area contributed by atoms with E-state index in [2.05, 4.69) is 27.3 Å². The molecule has 0 radical (unpaired) electrons. The molecule has 1 aliphatic rings. The van der Waals surface area contributed by atoms with Gasteiger partial charge in [0, 0.05) is 10.0 Å². The van der Waals surface area contributed by atoms with Gasteiger partial charge in [0.1, 0.15) is 24.3 Å². The van der Waals surface area contributed by atoms with E-state index in [4.69, 9.17) is 4.74 Å². The second-order valence-electron chi connectivity index (χ2n) is 5.98. The highest BCUT2D eigenvalue weighted by Gasteiger charge is 2.34. The molecule has 2 unspecified atom stereocenters. The van der Waals surface area contributed by atoms with Crippen molar-refractivity contribution >= 4 is 21.8 Å². The molecule has 1 aromatic rings. The van der Waals surface area contributed by atoms with Crippen LogP contribution in [-0.2, 0) is 4.79 Å². The number of fused-ring (bicyclic) bond motifs is 1. The average molecular weight is 337 g/mol. The van der Waals surface area contributed by atoms with Crippen molar-refractivity contribution in [2.75, 3.05) is 6.61 Å². The highest BCUT2D eigenvalue weighted by molar-refractivity contribution is 9.10. The minimum absolute atomic E-state index is 0.164. The maximum Gasteiger partial charge on any atom is 0.232 e. The van der Waals surface area contributed by atoms with E-state index in [9.17, 15) is 10.1 Å². The maximum absolute atomic E-state index is 12.4. The number of rotatable bonds is 2. The molecule has 0 saturated heterocycles. The van der Waals surface area contributed by atoms with Crippen molar-refractivity contribution in [3.63, 3.8) is 0 Å². The zero-order chi connectivity index (χ0) is 14.9. The molecule has 1 heterocycles. The molecule has 0 spiro atoms. The standard InChI is InChI=1S/C15H17BrN2O2/c1-15(2,3)13(7-17)18-14(19)11-8-20-12-5-4-9(16)6-10(11)12/h4-6,11,13H,8H2,1-3H3,(H,18,19). The monoisotopic (exact) mass is 336 g/mol. The third-order valence-corrected chi connectivity index (χ3v) is 3.84. The number of nitrogens with one attached hydrogen (secondary N) is 1. The summed E-state index contributed by atoms with van der Waals surface area (Å²) in [5, 5.41) is 12.0. The van der Waals surface area contributed by atoms with Crippen LogP contribution in [0, 0.1) is 16.7 Å². The van der Waals surface area contributed by atoms with Crippen LogP contribution in [0.3, 0.4) is 0 Å². The van der Waals surface area contributed by atoms with Crippen molar-refractivity contribution in [3.05, 3.63) is 28.2 Å². The lowest BCUT2D eigenvalue weighted by atomic mass is 9.87. The van der Waals surface area contributed by atoms with E-state index in [-0.39, 0.29) is 17.2 Å². The third-order valence-electron chi connectivity index (χ3n) is 3.35. The number of ether oxygens (including phenoxy) is 1. The fourth-order valence-electron chi connectivity index (χ4n) is 2.09. The van der Waals surface area contributed by atoms with E-state index in [0.717, 1.165) is 15.8 Å². The van der Waals surface area contributed by atoms with Gasteiger partial charge < -0.3 is 10.1 Å². The van der Waals surface area contributed by atoms with Crippen LogP contribution in [0.15, 0.2) is 22.7 Å². The Morgan fingerprint density at radius 2 is 2.25 bits per heavy atom. The second-order valence-corrected chi connectivity index (χ2v) is 6.90. The topological polar surface area (TPSA) is 62.1 Å². The third kappa shape index (κ3) is 2.96. The molecule has 0 saturated carbocycles. The molecule has 4 nitrogen and oxygen atoms in total. The SMILES string of the molecule is CC(C)(C)C(C#N)NC(=O)C1COc2ccc(Br)cc21. The summed E-state index contributed by atoms with van der Waals surface area (Å²) in [5.74, 6) is 0.210. The van der Waals surface area contributed by atoms with E-state index in [1.54, 1.807) is 0 Å². The fraction of sp³-hybridized carbons (Fsp3) is 0.467. The summed E-state index contributed by atoms with van der Waals surface area (Å²) >= 11 is 3.40. The minimum atomic E-state index is -0.522. The van der Waals surface area contributed by atoms with E-state index < -0.39 is 6.04 Å². The van der Waals surface area contributed by atoms with Crippen LogP contribution in [-0.4, -0.2) is 18.6 Å². The summed E-state index contributed by atoms with van der Waals surface area (Å²) < 4.78 is 6.43. The molecule has 5 heteroatoms. The lowest BCUT2D eigenvalue weighted by Gasteiger charge is -2.26. The Kier molecular flexibility index (Phi) is 4.05. The first-order valence-electron chi connectivity index (χ1n) is 6.45. The minimum Gasteiger partial charge on any atom is -0.492 e. The summed E-state index contributed by atoms with van der Waals surface area (Å²) in [6.07, 6.45) is 0. The van der Waals surface area contributed by atoms with Crippen molar-refractivity contribution < 1.29 is 9.53 Å². The number of benzene rings is 1. The molecule has 20 heavy (non-hydrogen) atoms. The zero-order valence-electron chi connectivity index (χ0n) is 11.7. The molecule has 0 aromatic heterocycles. The number of halogens is 1. The smallest absolute Gasteiger partial charge is 0.232 e. The van der Waals surface area contributed by atoms with Crippen molar-refractivity contribution in [1.82, 2.24) is 5.32 Å². The van der Waals surface area contributed by atoms with Gasteiger partial charge >= 0.3 is 0 Å². The van der Waals surface area contributed by atoms with E-state index in [0.29, 0.717) is 6.61 Å². The highest BCUT2D eigenvalue weighted by atomic mass is 79.9. The molecular formula is C15H17BrN2O2. The quantitative estimate of drug-likeness (QED) is 0.902.